The predicted molar refractivity (Wildman–Crippen MR) is 57.2 cm³/mol. The molecule has 0 aliphatic carbocycles. The molecule has 78 valence electrons. The molecule has 0 fully saturated rings. The molecule has 0 radical (unpaired) electrons. The van der Waals surface area contributed by atoms with E-state index in [1.165, 1.54) is 17.4 Å². The van der Waals surface area contributed by atoms with Gasteiger partial charge in [0, 0.05) is 12.6 Å². The highest BCUT2D eigenvalue weighted by Gasteiger charge is 2.12. The van der Waals surface area contributed by atoms with Crippen molar-refractivity contribution in [2.75, 3.05) is 0 Å². The van der Waals surface area contributed by atoms with Gasteiger partial charge in [0.25, 0.3) is 0 Å². The first-order valence-electron chi connectivity index (χ1n) is 4.57. The van der Waals surface area contributed by atoms with Gasteiger partial charge in [-0.05, 0) is 11.6 Å². The van der Waals surface area contributed by atoms with Crippen LogP contribution in [0.1, 0.15) is 16.5 Å². The van der Waals surface area contributed by atoms with E-state index in [4.69, 9.17) is 0 Å². The van der Waals surface area contributed by atoms with Crippen molar-refractivity contribution in [2.45, 2.75) is 12.5 Å². The zero-order valence-electron chi connectivity index (χ0n) is 7.93. The molecule has 0 aliphatic rings. The van der Waals surface area contributed by atoms with Gasteiger partial charge in [0.2, 0.25) is 0 Å². The van der Waals surface area contributed by atoms with Gasteiger partial charge in [-0.1, -0.05) is 18.2 Å². The van der Waals surface area contributed by atoms with Gasteiger partial charge in [-0.15, -0.1) is 11.3 Å². The third-order valence-electron chi connectivity index (χ3n) is 2.15. The summed E-state index contributed by atoms with van der Waals surface area (Å²) in [5, 5.41) is 9.79. The van der Waals surface area contributed by atoms with E-state index < -0.39 is 6.10 Å². The molecule has 2 nitrogen and oxygen atoms in total. The van der Waals surface area contributed by atoms with E-state index in [0.717, 1.165) is 4.88 Å². The number of hydrogen-bond acceptors (Lipinski definition) is 3. The SMILES string of the molecule is OC(Cc1ccccc1F)c1cncs1. The Bertz CT molecular complexity index is 430. The standard InChI is InChI=1S/C11H10FNOS/c12-9-4-2-1-3-8(9)5-10(14)11-6-13-7-15-11/h1-4,6-7,10,14H,5H2. The van der Waals surface area contributed by atoms with Crippen molar-refractivity contribution in [1.82, 2.24) is 4.98 Å². The number of aliphatic hydroxyl groups excluding tert-OH is 1. The molecule has 0 amide bonds. The second-order valence-corrected chi connectivity index (χ2v) is 4.13. The van der Waals surface area contributed by atoms with Gasteiger partial charge >= 0.3 is 0 Å². The van der Waals surface area contributed by atoms with Crippen LogP contribution in [0.15, 0.2) is 36.0 Å². The summed E-state index contributed by atoms with van der Waals surface area (Å²) in [4.78, 5) is 4.63. The van der Waals surface area contributed by atoms with Gasteiger partial charge in [0.05, 0.1) is 16.5 Å². The molecule has 0 aliphatic heterocycles. The monoisotopic (exact) mass is 223 g/mol. The molecule has 0 saturated carbocycles. The maximum atomic E-state index is 13.3. The number of rotatable bonds is 3. The summed E-state index contributed by atoms with van der Waals surface area (Å²) in [6, 6.07) is 6.48. The van der Waals surface area contributed by atoms with Crippen molar-refractivity contribution in [3.63, 3.8) is 0 Å². The van der Waals surface area contributed by atoms with Crippen LogP contribution in [0.3, 0.4) is 0 Å². The Kier molecular flexibility index (Phi) is 3.08. The molecule has 1 atom stereocenters. The lowest BCUT2D eigenvalue weighted by atomic mass is 10.1. The van der Waals surface area contributed by atoms with E-state index in [1.807, 2.05) is 0 Å². The van der Waals surface area contributed by atoms with Crippen molar-refractivity contribution >= 4 is 11.3 Å². The number of aromatic nitrogens is 1. The number of aliphatic hydroxyl groups is 1. The second kappa shape index (κ2) is 4.51. The summed E-state index contributed by atoms with van der Waals surface area (Å²) in [6.07, 6.45) is 1.22. The molecule has 1 aromatic heterocycles. The fraction of sp³-hybridized carbons (Fsp3) is 0.182. The van der Waals surface area contributed by atoms with Gasteiger partial charge in [0.15, 0.2) is 0 Å². The molecule has 1 heterocycles. The summed E-state index contributed by atoms with van der Waals surface area (Å²) in [5.41, 5.74) is 2.18. The van der Waals surface area contributed by atoms with Gasteiger partial charge < -0.3 is 5.11 Å². The molecule has 1 N–H and O–H groups in total. The molecule has 4 heteroatoms. The Morgan fingerprint density at radius 2 is 2.20 bits per heavy atom. The Morgan fingerprint density at radius 1 is 1.40 bits per heavy atom. The number of benzene rings is 1. The number of hydrogen-bond donors (Lipinski definition) is 1. The average molecular weight is 223 g/mol. The summed E-state index contributed by atoms with van der Waals surface area (Å²) < 4.78 is 13.3. The van der Waals surface area contributed by atoms with E-state index in [2.05, 4.69) is 4.98 Å². The van der Waals surface area contributed by atoms with Crippen molar-refractivity contribution in [3.8, 4) is 0 Å². The maximum Gasteiger partial charge on any atom is 0.126 e. The Morgan fingerprint density at radius 3 is 2.87 bits per heavy atom. The molecule has 0 saturated heterocycles. The number of thiazole rings is 1. The van der Waals surface area contributed by atoms with Crippen molar-refractivity contribution in [1.29, 1.82) is 0 Å². The second-order valence-electron chi connectivity index (χ2n) is 3.22. The van der Waals surface area contributed by atoms with Crippen LogP contribution in [0.4, 0.5) is 4.39 Å². The molecule has 2 aromatic rings. The van der Waals surface area contributed by atoms with Crippen LogP contribution in [-0.4, -0.2) is 10.1 Å². The van der Waals surface area contributed by atoms with Gasteiger partial charge in [0.1, 0.15) is 5.82 Å². The van der Waals surface area contributed by atoms with Crippen molar-refractivity contribution < 1.29 is 9.50 Å². The van der Waals surface area contributed by atoms with Crippen LogP contribution in [0.5, 0.6) is 0 Å². The van der Waals surface area contributed by atoms with E-state index in [0.29, 0.717) is 5.56 Å². The molecular weight excluding hydrogens is 213 g/mol. The fourth-order valence-electron chi connectivity index (χ4n) is 1.36. The fourth-order valence-corrected chi connectivity index (χ4v) is 1.97. The minimum atomic E-state index is -0.672. The van der Waals surface area contributed by atoms with E-state index in [-0.39, 0.29) is 12.2 Å². The predicted octanol–water partition coefficient (Wildman–Crippen LogP) is 2.56. The van der Waals surface area contributed by atoms with E-state index >= 15 is 0 Å². The molecule has 1 unspecified atom stereocenters. The lowest BCUT2D eigenvalue weighted by Crippen LogP contribution is -2.01. The molecule has 0 bridgehead atoms. The largest absolute Gasteiger partial charge is 0.387 e. The zero-order valence-corrected chi connectivity index (χ0v) is 8.75. The van der Waals surface area contributed by atoms with E-state index in [1.54, 1.807) is 29.9 Å². The van der Waals surface area contributed by atoms with Crippen LogP contribution < -0.4 is 0 Å². The Balaban J connectivity index is 2.13. The number of nitrogens with zero attached hydrogens (tertiary/aromatic N) is 1. The molecule has 1 aromatic carbocycles. The normalized spacial score (nSPS) is 12.7. The van der Waals surface area contributed by atoms with Crippen LogP contribution in [-0.2, 0) is 6.42 Å². The highest BCUT2D eigenvalue weighted by Crippen LogP contribution is 2.22. The first-order valence-corrected chi connectivity index (χ1v) is 5.45. The lowest BCUT2D eigenvalue weighted by molar-refractivity contribution is 0.180. The third-order valence-corrected chi connectivity index (χ3v) is 3.03. The lowest BCUT2D eigenvalue weighted by Gasteiger charge is -2.08. The summed E-state index contributed by atoms with van der Waals surface area (Å²) in [6.45, 7) is 0. The molecule has 15 heavy (non-hydrogen) atoms. The maximum absolute atomic E-state index is 13.3. The zero-order chi connectivity index (χ0) is 10.7. The summed E-state index contributed by atoms with van der Waals surface area (Å²) >= 11 is 1.37. The molecular formula is C11H10FNOS. The van der Waals surface area contributed by atoms with Crippen LogP contribution >= 0.6 is 11.3 Å². The average Bonchev–Trinajstić information content (AvgIpc) is 2.74. The highest BCUT2D eigenvalue weighted by atomic mass is 32.1. The summed E-state index contributed by atoms with van der Waals surface area (Å²) in [5.74, 6) is -0.277. The van der Waals surface area contributed by atoms with Crippen molar-refractivity contribution in [3.05, 3.63) is 52.2 Å². The number of halogens is 1. The molecule has 0 spiro atoms. The minimum Gasteiger partial charge on any atom is -0.387 e. The van der Waals surface area contributed by atoms with Gasteiger partial charge in [-0.3, -0.25) is 4.98 Å². The Hall–Kier alpha value is -1.26. The van der Waals surface area contributed by atoms with Crippen LogP contribution in [0.25, 0.3) is 0 Å². The first-order chi connectivity index (χ1) is 7.27. The molecule has 2 rings (SSSR count). The third kappa shape index (κ3) is 2.40. The minimum absolute atomic E-state index is 0.277. The topological polar surface area (TPSA) is 33.1 Å². The summed E-state index contributed by atoms with van der Waals surface area (Å²) in [7, 11) is 0. The van der Waals surface area contributed by atoms with Gasteiger partial charge in [-0.25, -0.2) is 4.39 Å². The van der Waals surface area contributed by atoms with Crippen LogP contribution in [0, 0.1) is 5.82 Å². The first kappa shape index (κ1) is 10.3. The van der Waals surface area contributed by atoms with Gasteiger partial charge in [-0.2, -0.15) is 0 Å². The quantitative estimate of drug-likeness (QED) is 0.867. The van der Waals surface area contributed by atoms with E-state index in [9.17, 15) is 9.50 Å². The van der Waals surface area contributed by atoms with Crippen molar-refractivity contribution in [2.24, 2.45) is 0 Å². The highest BCUT2D eigenvalue weighted by molar-refractivity contribution is 7.09. The Labute approximate surface area is 91.0 Å². The smallest absolute Gasteiger partial charge is 0.126 e. The van der Waals surface area contributed by atoms with Crippen LogP contribution in [0.2, 0.25) is 0 Å².